The molecule has 18 heavy (non-hydrogen) atoms. The van der Waals surface area contributed by atoms with Gasteiger partial charge in [-0.3, -0.25) is 4.79 Å². The fraction of sp³-hybridized carbons (Fsp3) is 0.357. The van der Waals surface area contributed by atoms with Crippen LogP contribution in [-0.2, 0) is 0 Å². The van der Waals surface area contributed by atoms with Crippen LogP contribution in [0.25, 0.3) is 0 Å². The molecule has 0 aromatic heterocycles. The van der Waals surface area contributed by atoms with Gasteiger partial charge in [0.15, 0.2) is 0 Å². The fourth-order valence-electron chi connectivity index (χ4n) is 1.61. The zero-order valence-corrected chi connectivity index (χ0v) is 11.8. The maximum atomic E-state index is 12.0. The number of amides is 1. The molecule has 0 saturated heterocycles. The highest BCUT2D eigenvalue weighted by molar-refractivity contribution is 7.99. The summed E-state index contributed by atoms with van der Waals surface area (Å²) < 4.78 is 0. The number of aryl methyl sites for hydroxylation is 2. The Morgan fingerprint density at radius 1 is 1.44 bits per heavy atom. The summed E-state index contributed by atoms with van der Waals surface area (Å²) in [5.74, 6) is 1.74. The standard InChI is InChI=1S/C14H20N2OS/c1-4-6-18-7-5-16-14(17)12-9-13(15)11(3)8-10(12)2/h4,8-9H,1,5-7,15H2,2-3H3,(H,16,17). The molecule has 4 heteroatoms. The van der Waals surface area contributed by atoms with Crippen LogP contribution in [-0.4, -0.2) is 24.0 Å². The van der Waals surface area contributed by atoms with Crippen LogP contribution in [0.5, 0.6) is 0 Å². The van der Waals surface area contributed by atoms with Crippen molar-refractivity contribution < 1.29 is 4.79 Å². The monoisotopic (exact) mass is 264 g/mol. The highest BCUT2D eigenvalue weighted by Crippen LogP contribution is 2.17. The first kappa shape index (κ1) is 14.6. The molecule has 1 aromatic carbocycles. The van der Waals surface area contributed by atoms with Crippen LogP contribution in [0.2, 0.25) is 0 Å². The van der Waals surface area contributed by atoms with Crippen molar-refractivity contribution in [2.75, 3.05) is 23.8 Å². The molecule has 0 atom stereocenters. The topological polar surface area (TPSA) is 55.1 Å². The Labute approximate surface area is 113 Å². The third-order valence-corrected chi connectivity index (χ3v) is 3.59. The van der Waals surface area contributed by atoms with Crippen molar-refractivity contribution in [3.63, 3.8) is 0 Å². The number of thioether (sulfide) groups is 1. The van der Waals surface area contributed by atoms with Crippen LogP contribution < -0.4 is 11.1 Å². The van der Waals surface area contributed by atoms with Gasteiger partial charge < -0.3 is 11.1 Å². The first-order valence-electron chi connectivity index (χ1n) is 5.89. The van der Waals surface area contributed by atoms with Gasteiger partial charge in [-0.05, 0) is 31.0 Å². The lowest BCUT2D eigenvalue weighted by atomic mass is 10.0. The summed E-state index contributed by atoms with van der Waals surface area (Å²) >= 11 is 1.74. The van der Waals surface area contributed by atoms with Crippen molar-refractivity contribution in [1.82, 2.24) is 5.32 Å². The van der Waals surface area contributed by atoms with Crippen molar-refractivity contribution in [2.45, 2.75) is 13.8 Å². The third-order valence-electron chi connectivity index (χ3n) is 2.63. The fourth-order valence-corrected chi connectivity index (χ4v) is 2.19. The smallest absolute Gasteiger partial charge is 0.251 e. The van der Waals surface area contributed by atoms with Gasteiger partial charge in [-0.1, -0.05) is 12.1 Å². The van der Waals surface area contributed by atoms with Crippen LogP contribution in [0.15, 0.2) is 24.8 Å². The van der Waals surface area contributed by atoms with Gasteiger partial charge in [-0.15, -0.1) is 6.58 Å². The molecule has 0 radical (unpaired) electrons. The van der Waals surface area contributed by atoms with Crippen LogP contribution in [0, 0.1) is 13.8 Å². The minimum atomic E-state index is -0.0570. The number of rotatable bonds is 6. The van der Waals surface area contributed by atoms with E-state index < -0.39 is 0 Å². The predicted octanol–water partition coefficient (Wildman–Crippen LogP) is 2.53. The summed E-state index contributed by atoms with van der Waals surface area (Å²) in [6.07, 6.45) is 1.86. The molecule has 0 aliphatic heterocycles. The lowest BCUT2D eigenvalue weighted by molar-refractivity contribution is 0.0955. The maximum absolute atomic E-state index is 12.0. The molecule has 0 heterocycles. The molecule has 3 nitrogen and oxygen atoms in total. The molecular formula is C14H20N2OS. The van der Waals surface area contributed by atoms with Gasteiger partial charge in [0, 0.05) is 29.3 Å². The molecule has 0 fully saturated rings. The lowest BCUT2D eigenvalue weighted by Crippen LogP contribution is -2.26. The maximum Gasteiger partial charge on any atom is 0.251 e. The quantitative estimate of drug-likeness (QED) is 0.471. The molecule has 0 saturated carbocycles. The van der Waals surface area contributed by atoms with Gasteiger partial charge >= 0.3 is 0 Å². The van der Waals surface area contributed by atoms with E-state index in [-0.39, 0.29) is 5.91 Å². The van der Waals surface area contributed by atoms with Crippen molar-refractivity contribution in [1.29, 1.82) is 0 Å². The minimum absolute atomic E-state index is 0.0570. The number of anilines is 1. The van der Waals surface area contributed by atoms with Gasteiger partial charge in [0.2, 0.25) is 0 Å². The molecule has 0 aliphatic carbocycles. The Morgan fingerprint density at radius 2 is 2.17 bits per heavy atom. The molecule has 1 rings (SSSR count). The Bertz CT molecular complexity index is 444. The zero-order chi connectivity index (χ0) is 13.5. The summed E-state index contributed by atoms with van der Waals surface area (Å²) in [7, 11) is 0. The average molecular weight is 264 g/mol. The van der Waals surface area contributed by atoms with Crippen molar-refractivity contribution in [2.24, 2.45) is 0 Å². The third kappa shape index (κ3) is 4.11. The van der Waals surface area contributed by atoms with E-state index in [1.165, 1.54) is 0 Å². The molecule has 1 amide bonds. The highest BCUT2D eigenvalue weighted by atomic mass is 32.2. The first-order chi connectivity index (χ1) is 8.56. The van der Waals surface area contributed by atoms with Gasteiger partial charge in [-0.2, -0.15) is 11.8 Å². The molecule has 3 N–H and O–H groups in total. The van der Waals surface area contributed by atoms with E-state index in [1.807, 2.05) is 26.0 Å². The Morgan fingerprint density at radius 3 is 2.83 bits per heavy atom. The number of nitrogens with two attached hydrogens (primary N) is 1. The van der Waals surface area contributed by atoms with Crippen LogP contribution >= 0.6 is 11.8 Å². The molecule has 0 bridgehead atoms. The van der Waals surface area contributed by atoms with Crippen LogP contribution in [0.1, 0.15) is 21.5 Å². The summed E-state index contributed by atoms with van der Waals surface area (Å²) in [5, 5.41) is 2.90. The summed E-state index contributed by atoms with van der Waals surface area (Å²) in [6.45, 7) is 8.17. The summed E-state index contributed by atoms with van der Waals surface area (Å²) in [5.41, 5.74) is 9.11. The Hall–Kier alpha value is -1.42. The second kappa shape index (κ2) is 7.11. The van der Waals surface area contributed by atoms with Gasteiger partial charge in [0.05, 0.1) is 0 Å². The van der Waals surface area contributed by atoms with E-state index >= 15 is 0 Å². The van der Waals surface area contributed by atoms with E-state index in [0.717, 1.165) is 22.6 Å². The number of nitrogens with one attached hydrogen (secondary N) is 1. The normalized spacial score (nSPS) is 10.1. The molecule has 1 aromatic rings. The number of carbonyl (C=O) groups is 1. The zero-order valence-electron chi connectivity index (χ0n) is 11.0. The second-order valence-corrected chi connectivity index (χ2v) is 5.29. The van der Waals surface area contributed by atoms with Gasteiger partial charge in [0.1, 0.15) is 0 Å². The van der Waals surface area contributed by atoms with Crippen molar-refractivity contribution in [3.05, 3.63) is 41.5 Å². The SMILES string of the molecule is C=CCSCCNC(=O)c1cc(N)c(C)cc1C. The molecule has 98 valence electrons. The van der Waals surface area contributed by atoms with E-state index in [2.05, 4.69) is 11.9 Å². The Kier molecular flexibility index (Phi) is 5.78. The molecular weight excluding hydrogens is 244 g/mol. The van der Waals surface area contributed by atoms with Crippen LogP contribution in [0.4, 0.5) is 5.69 Å². The van der Waals surface area contributed by atoms with Crippen molar-refractivity contribution >= 4 is 23.4 Å². The number of benzene rings is 1. The number of carbonyl (C=O) groups excluding carboxylic acids is 1. The molecule has 0 unspecified atom stereocenters. The van der Waals surface area contributed by atoms with E-state index in [4.69, 9.17) is 5.73 Å². The predicted molar refractivity (Wildman–Crippen MR) is 80.2 cm³/mol. The van der Waals surface area contributed by atoms with Gasteiger partial charge in [-0.25, -0.2) is 0 Å². The first-order valence-corrected chi connectivity index (χ1v) is 7.05. The lowest BCUT2D eigenvalue weighted by Gasteiger charge is -2.10. The molecule has 0 aliphatic rings. The minimum Gasteiger partial charge on any atom is -0.398 e. The Balaban J connectivity index is 2.56. The largest absolute Gasteiger partial charge is 0.398 e. The molecule has 0 spiro atoms. The van der Waals surface area contributed by atoms with Gasteiger partial charge in [0.25, 0.3) is 5.91 Å². The number of hydrogen-bond donors (Lipinski definition) is 2. The average Bonchev–Trinajstić information content (AvgIpc) is 2.33. The van der Waals surface area contributed by atoms with E-state index in [0.29, 0.717) is 17.8 Å². The number of hydrogen-bond acceptors (Lipinski definition) is 3. The summed E-state index contributed by atoms with van der Waals surface area (Å²) in [4.78, 5) is 12.0. The summed E-state index contributed by atoms with van der Waals surface area (Å²) in [6, 6.07) is 3.69. The van der Waals surface area contributed by atoms with E-state index in [9.17, 15) is 4.79 Å². The van der Waals surface area contributed by atoms with Crippen molar-refractivity contribution in [3.8, 4) is 0 Å². The number of nitrogen functional groups attached to an aromatic ring is 1. The van der Waals surface area contributed by atoms with Crippen LogP contribution in [0.3, 0.4) is 0 Å². The highest BCUT2D eigenvalue weighted by Gasteiger charge is 2.10. The van der Waals surface area contributed by atoms with E-state index in [1.54, 1.807) is 17.8 Å². The second-order valence-electron chi connectivity index (χ2n) is 4.14.